The molecule has 0 spiro atoms. The summed E-state index contributed by atoms with van der Waals surface area (Å²) in [5, 5.41) is 8.83. The van der Waals surface area contributed by atoms with Gasteiger partial charge in [-0.1, -0.05) is 23.9 Å². The Hall–Kier alpha value is -3.11. The third-order valence-corrected chi connectivity index (χ3v) is 5.82. The Balaban J connectivity index is 1.53. The third-order valence-electron chi connectivity index (χ3n) is 4.91. The normalized spacial score (nSPS) is 13.8. The number of carbonyl (C=O) groups is 1. The molecule has 0 aliphatic carbocycles. The van der Waals surface area contributed by atoms with E-state index in [0.717, 1.165) is 5.75 Å². The summed E-state index contributed by atoms with van der Waals surface area (Å²) in [6, 6.07) is 13.5. The molecule has 0 saturated carbocycles. The Labute approximate surface area is 189 Å². The van der Waals surface area contributed by atoms with Gasteiger partial charge in [-0.3, -0.25) is 9.36 Å². The predicted octanol–water partition coefficient (Wildman–Crippen LogP) is 2.94. The molecule has 3 aromatic rings. The number of hydrogen-bond acceptors (Lipinski definition) is 7. The molecule has 1 aliphatic heterocycles. The van der Waals surface area contributed by atoms with Crippen molar-refractivity contribution in [2.24, 2.45) is 0 Å². The predicted molar refractivity (Wildman–Crippen MR) is 117 cm³/mol. The van der Waals surface area contributed by atoms with E-state index in [1.165, 1.54) is 17.8 Å². The van der Waals surface area contributed by atoms with Crippen molar-refractivity contribution in [3.05, 3.63) is 60.2 Å². The van der Waals surface area contributed by atoms with Crippen LogP contribution in [0.3, 0.4) is 0 Å². The molecule has 1 aliphatic rings. The average molecular weight is 459 g/mol. The molecule has 1 saturated heterocycles. The molecule has 0 unspecified atom stereocenters. The second kappa shape index (κ2) is 10.5. The van der Waals surface area contributed by atoms with Crippen molar-refractivity contribution in [3.8, 4) is 17.2 Å². The quantitative estimate of drug-likeness (QED) is 0.480. The number of para-hydroxylation sites is 1. The SMILES string of the molecule is COc1ccc(OCc2nnc(SCC(=O)N3CCOCC3)n2-c2ccccc2F)cc1. The first-order valence-corrected chi connectivity index (χ1v) is 11.1. The van der Waals surface area contributed by atoms with Crippen LogP contribution in [0.25, 0.3) is 5.69 Å². The monoisotopic (exact) mass is 458 g/mol. The number of hydrogen-bond donors (Lipinski definition) is 0. The molecule has 2 heterocycles. The molecule has 2 aromatic carbocycles. The number of ether oxygens (including phenoxy) is 3. The van der Waals surface area contributed by atoms with E-state index in [2.05, 4.69) is 10.2 Å². The van der Waals surface area contributed by atoms with Gasteiger partial charge in [0.2, 0.25) is 5.91 Å². The highest BCUT2D eigenvalue weighted by Crippen LogP contribution is 2.25. The molecule has 0 atom stereocenters. The number of morpholine rings is 1. The van der Waals surface area contributed by atoms with E-state index in [-0.39, 0.29) is 18.3 Å². The molecule has 0 bridgehead atoms. The maximum Gasteiger partial charge on any atom is 0.233 e. The van der Waals surface area contributed by atoms with Gasteiger partial charge < -0.3 is 19.1 Å². The largest absolute Gasteiger partial charge is 0.497 e. The molecule has 4 rings (SSSR count). The molecule has 1 aromatic heterocycles. The van der Waals surface area contributed by atoms with E-state index in [1.807, 2.05) is 0 Å². The van der Waals surface area contributed by atoms with E-state index >= 15 is 0 Å². The number of nitrogens with zero attached hydrogens (tertiary/aromatic N) is 4. The number of amides is 1. The van der Waals surface area contributed by atoms with E-state index in [1.54, 1.807) is 59.0 Å². The Kier molecular flexibility index (Phi) is 7.23. The van der Waals surface area contributed by atoms with Crippen molar-refractivity contribution >= 4 is 17.7 Å². The van der Waals surface area contributed by atoms with Crippen LogP contribution in [0.5, 0.6) is 11.5 Å². The van der Waals surface area contributed by atoms with Crippen LogP contribution < -0.4 is 9.47 Å². The van der Waals surface area contributed by atoms with Crippen LogP contribution in [0, 0.1) is 5.82 Å². The van der Waals surface area contributed by atoms with E-state index in [0.29, 0.717) is 48.7 Å². The zero-order valence-electron chi connectivity index (χ0n) is 17.6. The average Bonchev–Trinajstić information content (AvgIpc) is 3.25. The number of carbonyl (C=O) groups excluding carboxylic acids is 1. The number of benzene rings is 2. The summed E-state index contributed by atoms with van der Waals surface area (Å²) in [6.45, 7) is 2.29. The van der Waals surface area contributed by atoms with Gasteiger partial charge in [-0.05, 0) is 36.4 Å². The number of methoxy groups -OCH3 is 1. The molecule has 0 N–H and O–H groups in total. The third kappa shape index (κ3) is 5.20. The van der Waals surface area contributed by atoms with Crippen molar-refractivity contribution in [3.63, 3.8) is 0 Å². The lowest BCUT2D eigenvalue weighted by Crippen LogP contribution is -2.41. The first-order valence-electron chi connectivity index (χ1n) is 10.1. The van der Waals surface area contributed by atoms with E-state index < -0.39 is 5.82 Å². The molecule has 10 heteroatoms. The highest BCUT2D eigenvalue weighted by atomic mass is 32.2. The Bertz CT molecular complexity index is 1050. The van der Waals surface area contributed by atoms with Crippen LogP contribution in [-0.2, 0) is 16.1 Å². The van der Waals surface area contributed by atoms with E-state index in [9.17, 15) is 9.18 Å². The maximum atomic E-state index is 14.6. The van der Waals surface area contributed by atoms with Crippen LogP contribution >= 0.6 is 11.8 Å². The summed E-state index contributed by atoms with van der Waals surface area (Å²) in [5.41, 5.74) is 0.298. The van der Waals surface area contributed by atoms with Crippen LogP contribution in [-0.4, -0.2) is 64.7 Å². The second-order valence-electron chi connectivity index (χ2n) is 6.93. The lowest BCUT2D eigenvalue weighted by Gasteiger charge is -2.26. The number of halogens is 1. The van der Waals surface area contributed by atoms with Crippen LogP contribution in [0.1, 0.15) is 5.82 Å². The Morgan fingerprint density at radius 2 is 1.81 bits per heavy atom. The van der Waals surface area contributed by atoms with Gasteiger partial charge in [0.05, 0.1) is 31.8 Å². The zero-order chi connectivity index (χ0) is 22.3. The van der Waals surface area contributed by atoms with Crippen molar-refractivity contribution < 1.29 is 23.4 Å². The lowest BCUT2D eigenvalue weighted by atomic mass is 10.3. The van der Waals surface area contributed by atoms with Gasteiger partial charge in [-0.2, -0.15) is 0 Å². The summed E-state index contributed by atoms with van der Waals surface area (Å²) < 4.78 is 32.5. The van der Waals surface area contributed by atoms with Gasteiger partial charge in [-0.15, -0.1) is 10.2 Å². The molecular formula is C22H23FN4O4S. The molecule has 0 radical (unpaired) electrons. The first-order chi connectivity index (χ1) is 15.7. The Morgan fingerprint density at radius 3 is 2.53 bits per heavy atom. The first kappa shape index (κ1) is 22.1. The minimum Gasteiger partial charge on any atom is -0.497 e. The Morgan fingerprint density at radius 1 is 1.09 bits per heavy atom. The fraction of sp³-hybridized carbons (Fsp3) is 0.318. The summed E-state index contributed by atoms with van der Waals surface area (Å²) >= 11 is 1.22. The molecule has 168 valence electrons. The molecule has 8 nitrogen and oxygen atoms in total. The maximum absolute atomic E-state index is 14.6. The van der Waals surface area contributed by atoms with Crippen molar-refractivity contribution in [1.29, 1.82) is 0 Å². The summed E-state index contributed by atoms with van der Waals surface area (Å²) in [5.74, 6) is 1.50. The van der Waals surface area contributed by atoms with Gasteiger partial charge in [0, 0.05) is 13.1 Å². The fourth-order valence-electron chi connectivity index (χ4n) is 3.21. The molecule has 1 fully saturated rings. The molecule has 32 heavy (non-hydrogen) atoms. The van der Waals surface area contributed by atoms with Crippen LogP contribution in [0.4, 0.5) is 4.39 Å². The summed E-state index contributed by atoms with van der Waals surface area (Å²) in [4.78, 5) is 14.3. The highest BCUT2D eigenvalue weighted by Gasteiger charge is 2.21. The van der Waals surface area contributed by atoms with Gasteiger partial charge in [0.25, 0.3) is 0 Å². The van der Waals surface area contributed by atoms with Gasteiger partial charge in [0.15, 0.2) is 11.0 Å². The van der Waals surface area contributed by atoms with E-state index in [4.69, 9.17) is 14.2 Å². The molecular weight excluding hydrogens is 435 g/mol. The topological polar surface area (TPSA) is 78.7 Å². The fourth-order valence-corrected chi connectivity index (χ4v) is 4.08. The van der Waals surface area contributed by atoms with Gasteiger partial charge >= 0.3 is 0 Å². The van der Waals surface area contributed by atoms with Crippen molar-refractivity contribution in [2.75, 3.05) is 39.2 Å². The standard InChI is InChI=1S/C22H23FN4O4S/c1-29-16-6-8-17(9-7-16)31-14-20-24-25-22(27(20)19-5-3-2-4-18(19)23)32-15-21(28)26-10-12-30-13-11-26/h2-9H,10-15H2,1H3. The van der Waals surface area contributed by atoms with Crippen molar-refractivity contribution in [2.45, 2.75) is 11.8 Å². The van der Waals surface area contributed by atoms with Crippen LogP contribution in [0.2, 0.25) is 0 Å². The second-order valence-corrected chi connectivity index (χ2v) is 7.87. The van der Waals surface area contributed by atoms with Gasteiger partial charge in [0.1, 0.15) is 23.9 Å². The van der Waals surface area contributed by atoms with Crippen molar-refractivity contribution in [1.82, 2.24) is 19.7 Å². The zero-order valence-corrected chi connectivity index (χ0v) is 18.4. The highest BCUT2D eigenvalue weighted by molar-refractivity contribution is 7.99. The number of rotatable bonds is 8. The van der Waals surface area contributed by atoms with Crippen LogP contribution in [0.15, 0.2) is 53.7 Å². The lowest BCUT2D eigenvalue weighted by molar-refractivity contribution is -0.132. The molecule has 1 amide bonds. The minimum absolute atomic E-state index is 0.0163. The summed E-state index contributed by atoms with van der Waals surface area (Å²) in [7, 11) is 1.59. The minimum atomic E-state index is -0.417. The number of aromatic nitrogens is 3. The smallest absolute Gasteiger partial charge is 0.233 e. The number of thioether (sulfide) groups is 1. The summed E-state index contributed by atoms with van der Waals surface area (Å²) in [6.07, 6.45) is 0. The van der Waals surface area contributed by atoms with Gasteiger partial charge in [-0.25, -0.2) is 4.39 Å².